The summed E-state index contributed by atoms with van der Waals surface area (Å²) in [6, 6.07) is 16.3. The van der Waals surface area contributed by atoms with E-state index in [1.165, 1.54) is 61.6 Å². The minimum absolute atomic E-state index is 0.0144. The summed E-state index contributed by atoms with van der Waals surface area (Å²) < 4.78 is 39.9. The Morgan fingerprint density at radius 3 is 2.12 bits per heavy atom. The van der Waals surface area contributed by atoms with Crippen LogP contribution in [0.25, 0.3) is 0 Å². The van der Waals surface area contributed by atoms with Crippen LogP contribution in [0.3, 0.4) is 0 Å². The van der Waals surface area contributed by atoms with Gasteiger partial charge in [-0.3, -0.25) is 13.9 Å². The first-order valence-electron chi connectivity index (χ1n) is 13.6. The monoisotopic (exact) mass is 649 g/mol. The molecule has 3 aromatic rings. The smallest absolute Gasteiger partial charge is 0.264 e. The molecule has 3 aromatic carbocycles. The van der Waals surface area contributed by atoms with Gasteiger partial charge < -0.3 is 19.7 Å². The van der Waals surface area contributed by atoms with Crippen molar-refractivity contribution >= 4 is 50.7 Å². The number of carbonyl (C=O) groups is 2. The molecular formula is C31H37Cl2N3O6S. The van der Waals surface area contributed by atoms with Gasteiger partial charge in [-0.25, -0.2) is 8.42 Å². The highest BCUT2D eigenvalue weighted by atomic mass is 35.5. The third-order valence-electron chi connectivity index (χ3n) is 6.52. The fourth-order valence-electron chi connectivity index (χ4n) is 4.42. The van der Waals surface area contributed by atoms with Crippen LogP contribution >= 0.6 is 23.2 Å². The van der Waals surface area contributed by atoms with Crippen molar-refractivity contribution in [2.24, 2.45) is 0 Å². The van der Waals surface area contributed by atoms with Crippen LogP contribution in [0.4, 0.5) is 5.69 Å². The van der Waals surface area contributed by atoms with Gasteiger partial charge in [-0.05, 0) is 75.2 Å². The number of methoxy groups -OCH3 is 2. The van der Waals surface area contributed by atoms with Crippen LogP contribution in [0.15, 0.2) is 71.6 Å². The van der Waals surface area contributed by atoms with Gasteiger partial charge in [-0.1, -0.05) is 48.3 Å². The van der Waals surface area contributed by atoms with Crippen LogP contribution < -0.4 is 19.1 Å². The normalized spacial score (nSPS) is 12.3. The third kappa shape index (κ3) is 8.55. The maximum atomic E-state index is 14.2. The molecule has 0 aliphatic rings. The van der Waals surface area contributed by atoms with Crippen LogP contribution in [-0.2, 0) is 26.2 Å². The van der Waals surface area contributed by atoms with Gasteiger partial charge in [-0.2, -0.15) is 0 Å². The summed E-state index contributed by atoms with van der Waals surface area (Å²) in [5.74, 6) is -0.417. The molecule has 3 rings (SSSR count). The van der Waals surface area contributed by atoms with E-state index in [-0.39, 0.29) is 35.2 Å². The van der Waals surface area contributed by atoms with E-state index < -0.39 is 34.1 Å². The number of rotatable bonds is 12. The second kappa shape index (κ2) is 14.3. The van der Waals surface area contributed by atoms with Gasteiger partial charge in [0, 0.05) is 28.2 Å². The molecule has 0 spiro atoms. The van der Waals surface area contributed by atoms with Gasteiger partial charge in [0.2, 0.25) is 11.8 Å². The number of nitrogens with one attached hydrogen (secondary N) is 1. The third-order valence-corrected chi connectivity index (χ3v) is 8.91. The first-order valence-corrected chi connectivity index (χ1v) is 15.8. The Hall–Kier alpha value is -3.47. The Morgan fingerprint density at radius 1 is 0.930 bits per heavy atom. The van der Waals surface area contributed by atoms with Crippen molar-refractivity contribution in [2.75, 3.05) is 25.1 Å². The van der Waals surface area contributed by atoms with Gasteiger partial charge in [0.25, 0.3) is 10.0 Å². The lowest BCUT2D eigenvalue weighted by Crippen LogP contribution is -2.55. The summed E-state index contributed by atoms with van der Waals surface area (Å²) in [5.41, 5.74) is 0.258. The van der Waals surface area contributed by atoms with Gasteiger partial charge in [0.1, 0.15) is 12.6 Å². The molecule has 43 heavy (non-hydrogen) atoms. The van der Waals surface area contributed by atoms with Crippen LogP contribution in [0, 0.1) is 0 Å². The van der Waals surface area contributed by atoms with E-state index in [4.69, 9.17) is 32.7 Å². The second-order valence-corrected chi connectivity index (χ2v) is 13.5. The first kappa shape index (κ1) is 34.0. The molecule has 12 heteroatoms. The van der Waals surface area contributed by atoms with Crippen molar-refractivity contribution in [3.05, 3.63) is 82.3 Å². The molecular weight excluding hydrogens is 613 g/mol. The van der Waals surface area contributed by atoms with E-state index in [0.29, 0.717) is 21.4 Å². The summed E-state index contributed by atoms with van der Waals surface area (Å²) in [6.07, 6.45) is 0.279. The van der Waals surface area contributed by atoms with E-state index in [0.717, 1.165) is 4.31 Å². The molecule has 0 aliphatic carbocycles. The summed E-state index contributed by atoms with van der Waals surface area (Å²) in [7, 11) is -1.49. The van der Waals surface area contributed by atoms with Crippen LogP contribution in [0.5, 0.6) is 11.5 Å². The summed E-state index contributed by atoms with van der Waals surface area (Å²) in [6.45, 7) is 6.69. The van der Waals surface area contributed by atoms with E-state index in [1.54, 1.807) is 31.2 Å². The molecule has 9 nitrogen and oxygen atoms in total. The summed E-state index contributed by atoms with van der Waals surface area (Å²) in [5, 5.41) is 3.75. The highest BCUT2D eigenvalue weighted by Gasteiger charge is 2.35. The van der Waals surface area contributed by atoms with Crippen molar-refractivity contribution in [3.8, 4) is 11.5 Å². The lowest BCUT2D eigenvalue weighted by molar-refractivity contribution is -0.141. The van der Waals surface area contributed by atoms with Crippen molar-refractivity contribution in [1.82, 2.24) is 10.2 Å². The van der Waals surface area contributed by atoms with Crippen molar-refractivity contribution in [1.29, 1.82) is 0 Å². The minimum Gasteiger partial charge on any atom is -0.493 e. The number of nitrogens with zero attached hydrogens (tertiary/aromatic N) is 2. The van der Waals surface area contributed by atoms with Crippen LogP contribution in [0.2, 0.25) is 10.0 Å². The minimum atomic E-state index is -4.34. The molecule has 0 radical (unpaired) electrons. The largest absolute Gasteiger partial charge is 0.493 e. The fourth-order valence-corrected chi connectivity index (χ4v) is 6.17. The van der Waals surface area contributed by atoms with Gasteiger partial charge in [0.05, 0.1) is 24.8 Å². The number of anilines is 1. The first-order chi connectivity index (χ1) is 20.2. The predicted octanol–water partition coefficient (Wildman–Crippen LogP) is 5.93. The summed E-state index contributed by atoms with van der Waals surface area (Å²) in [4.78, 5) is 28.9. The van der Waals surface area contributed by atoms with E-state index in [9.17, 15) is 18.0 Å². The molecule has 0 heterocycles. The Bertz CT molecular complexity index is 1540. The van der Waals surface area contributed by atoms with E-state index in [1.807, 2.05) is 20.8 Å². The quantitative estimate of drug-likeness (QED) is 0.261. The number of benzene rings is 3. The topological polar surface area (TPSA) is 105 Å². The predicted molar refractivity (Wildman–Crippen MR) is 170 cm³/mol. The lowest BCUT2D eigenvalue weighted by Gasteiger charge is -2.35. The summed E-state index contributed by atoms with van der Waals surface area (Å²) >= 11 is 12.5. The molecule has 0 saturated carbocycles. The molecule has 1 N–H and O–H groups in total. The lowest BCUT2D eigenvalue weighted by atomic mass is 10.1. The van der Waals surface area contributed by atoms with Crippen molar-refractivity contribution in [3.63, 3.8) is 0 Å². The van der Waals surface area contributed by atoms with E-state index in [2.05, 4.69) is 5.32 Å². The average Bonchev–Trinajstić information content (AvgIpc) is 2.95. The number of ether oxygens (including phenoxy) is 2. The fraction of sp³-hybridized carbons (Fsp3) is 0.355. The zero-order valence-corrected chi connectivity index (χ0v) is 27.4. The zero-order chi connectivity index (χ0) is 31.9. The molecule has 0 saturated heterocycles. The zero-order valence-electron chi connectivity index (χ0n) is 25.1. The van der Waals surface area contributed by atoms with Gasteiger partial charge >= 0.3 is 0 Å². The Balaban J connectivity index is 2.12. The Kier molecular flexibility index (Phi) is 11.3. The molecule has 0 aromatic heterocycles. The number of hydrogen-bond acceptors (Lipinski definition) is 6. The Labute approximate surface area is 263 Å². The number of sulfonamides is 1. The number of amides is 2. The second-order valence-electron chi connectivity index (χ2n) is 10.8. The highest BCUT2D eigenvalue weighted by molar-refractivity contribution is 7.92. The maximum absolute atomic E-state index is 14.2. The number of carbonyl (C=O) groups excluding carboxylic acids is 2. The molecule has 1 atom stereocenters. The standard InChI is InChI=1S/C31H37Cl2N3O6S/c1-7-26(30(38)34-31(2,3)4)35(19-21-10-8-9-11-25(21)33)29(37)20-36(23-14-12-22(32)13-15-23)43(39,40)24-16-17-27(41-5)28(18-24)42-6/h8-18,26H,7,19-20H2,1-6H3,(H,34,38)/t26-/m0/s1. The molecule has 0 fully saturated rings. The molecule has 0 bridgehead atoms. The van der Waals surface area contributed by atoms with Crippen molar-refractivity contribution < 1.29 is 27.5 Å². The highest BCUT2D eigenvalue weighted by Crippen LogP contribution is 2.33. The molecule has 0 aliphatic heterocycles. The number of hydrogen-bond donors (Lipinski definition) is 1. The van der Waals surface area contributed by atoms with E-state index >= 15 is 0 Å². The van der Waals surface area contributed by atoms with Crippen LogP contribution in [-0.4, -0.2) is 57.5 Å². The van der Waals surface area contributed by atoms with Gasteiger partial charge in [-0.15, -0.1) is 0 Å². The molecule has 0 unspecified atom stereocenters. The Morgan fingerprint density at radius 2 is 1.56 bits per heavy atom. The van der Waals surface area contributed by atoms with Crippen LogP contribution in [0.1, 0.15) is 39.7 Å². The molecule has 2 amide bonds. The van der Waals surface area contributed by atoms with Gasteiger partial charge in [0.15, 0.2) is 11.5 Å². The maximum Gasteiger partial charge on any atom is 0.264 e. The number of halogens is 2. The van der Waals surface area contributed by atoms with Crippen molar-refractivity contribution in [2.45, 2.75) is 57.1 Å². The SMILES string of the molecule is CC[C@@H](C(=O)NC(C)(C)C)N(Cc1ccccc1Cl)C(=O)CN(c1ccc(Cl)cc1)S(=O)(=O)c1ccc(OC)c(OC)c1. The molecule has 232 valence electrons. The average molecular weight is 651 g/mol.